The fraction of sp³-hybridized carbons (Fsp3) is 0.0769. The maximum Gasteiger partial charge on any atom is 0.358 e. The molecule has 0 aliphatic carbocycles. The number of hydrogen-bond acceptors (Lipinski definition) is 2. The Hall–Kier alpha value is -3.30. The first-order valence-corrected chi connectivity index (χ1v) is 9.88. The molecule has 0 fully saturated rings. The Morgan fingerprint density at radius 1 is 0.517 bits per heavy atom. The molecule has 1 N–H and O–H groups in total. The van der Waals surface area contributed by atoms with E-state index >= 15 is 0 Å². The van der Waals surface area contributed by atoms with E-state index in [0.29, 0.717) is 0 Å². The zero-order chi connectivity index (χ0) is 20.2. The van der Waals surface area contributed by atoms with Crippen molar-refractivity contribution in [1.82, 2.24) is 0 Å². The summed E-state index contributed by atoms with van der Waals surface area (Å²) >= 11 is 0. The molecular formula is C26H24BNO. The maximum absolute atomic E-state index is 10.7. The van der Waals surface area contributed by atoms with Crippen LogP contribution in [0, 0.1) is 13.8 Å². The first kappa shape index (κ1) is 19.0. The van der Waals surface area contributed by atoms with Gasteiger partial charge in [-0.25, -0.2) is 0 Å². The van der Waals surface area contributed by atoms with Gasteiger partial charge in [0.25, 0.3) is 0 Å². The first-order chi connectivity index (χ1) is 14.1. The van der Waals surface area contributed by atoms with E-state index in [1.165, 1.54) is 11.1 Å². The molecule has 0 saturated heterocycles. The second kappa shape index (κ2) is 8.38. The smallest absolute Gasteiger partial charge is 0.358 e. The van der Waals surface area contributed by atoms with Gasteiger partial charge in [-0.3, -0.25) is 0 Å². The molecule has 0 heterocycles. The summed E-state index contributed by atoms with van der Waals surface area (Å²) in [5.74, 6) is 0. The molecule has 3 heteroatoms. The van der Waals surface area contributed by atoms with Gasteiger partial charge in [0.15, 0.2) is 0 Å². The van der Waals surface area contributed by atoms with Crippen molar-refractivity contribution < 1.29 is 5.02 Å². The van der Waals surface area contributed by atoms with E-state index in [1.54, 1.807) is 0 Å². The van der Waals surface area contributed by atoms with Gasteiger partial charge in [0, 0.05) is 17.1 Å². The minimum Gasteiger partial charge on any atom is -0.443 e. The van der Waals surface area contributed by atoms with Crippen molar-refractivity contribution in [3.63, 3.8) is 0 Å². The highest BCUT2D eigenvalue weighted by Gasteiger charge is 2.18. The monoisotopic (exact) mass is 377 g/mol. The van der Waals surface area contributed by atoms with Crippen LogP contribution in [0.4, 0.5) is 17.1 Å². The van der Waals surface area contributed by atoms with Crippen molar-refractivity contribution in [2.24, 2.45) is 0 Å². The lowest BCUT2D eigenvalue weighted by Gasteiger charge is -2.26. The Morgan fingerprint density at radius 3 is 1.34 bits per heavy atom. The number of anilines is 3. The van der Waals surface area contributed by atoms with E-state index in [4.69, 9.17) is 0 Å². The van der Waals surface area contributed by atoms with Crippen LogP contribution < -0.4 is 15.8 Å². The van der Waals surface area contributed by atoms with E-state index < -0.39 is 6.92 Å². The molecule has 0 atom stereocenters. The van der Waals surface area contributed by atoms with E-state index in [0.717, 1.165) is 28.0 Å². The van der Waals surface area contributed by atoms with Crippen molar-refractivity contribution in [3.8, 4) is 0 Å². The SMILES string of the molecule is Cc1ccc(N(c2ccc(C)cc2)c2ccc(B(O)c3ccccc3)cc2)cc1. The maximum atomic E-state index is 10.7. The minimum atomic E-state index is -0.627. The van der Waals surface area contributed by atoms with E-state index in [-0.39, 0.29) is 0 Å². The summed E-state index contributed by atoms with van der Waals surface area (Å²) in [5.41, 5.74) is 7.52. The van der Waals surface area contributed by atoms with Crippen LogP contribution in [0.1, 0.15) is 11.1 Å². The molecule has 0 saturated carbocycles. The van der Waals surface area contributed by atoms with Crippen molar-refractivity contribution in [2.45, 2.75) is 13.8 Å². The third-order valence-electron chi connectivity index (χ3n) is 5.17. The lowest BCUT2D eigenvalue weighted by atomic mass is 9.56. The standard InChI is InChI=1S/C26H24BNO/c1-20-8-14-24(15-9-20)28(25-16-10-21(2)11-17-25)26-18-12-23(13-19-26)27(29)22-6-4-3-5-7-22/h3-19,29H,1-2H3. The average molecular weight is 377 g/mol. The Balaban J connectivity index is 1.71. The Morgan fingerprint density at radius 2 is 0.897 bits per heavy atom. The van der Waals surface area contributed by atoms with Crippen LogP contribution in [-0.4, -0.2) is 11.9 Å². The third-order valence-corrected chi connectivity index (χ3v) is 5.17. The molecule has 0 radical (unpaired) electrons. The molecule has 0 bridgehead atoms. The predicted octanol–water partition coefficient (Wildman–Crippen LogP) is 4.87. The largest absolute Gasteiger partial charge is 0.443 e. The summed E-state index contributed by atoms with van der Waals surface area (Å²) in [7, 11) is 0. The molecule has 4 aromatic carbocycles. The third kappa shape index (κ3) is 4.26. The van der Waals surface area contributed by atoms with Gasteiger partial charge < -0.3 is 9.92 Å². The van der Waals surface area contributed by atoms with Gasteiger partial charge in [0.05, 0.1) is 0 Å². The number of benzene rings is 4. The minimum absolute atomic E-state index is 0.627. The molecule has 4 aromatic rings. The molecule has 4 rings (SSSR count). The van der Waals surface area contributed by atoms with Gasteiger partial charge in [-0.2, -0.15) is 0 Å². The summed E-state index contributed by atoms with van der Waals surface area (Å²) in [6.07, 6.45) is 0. The Labute approximate surface area is 173 Å². The number of hydrogen-bond donors (Lipinski definition) is 1. The van der Waals surface area contributed by atoms with Crippen molar-refractivity contribution in [1.29, 1.82) is 0 Å². The average Bonchev–Trinajstić information content (AvgIpc) is 2.77. The molecule has 2 nitrogen and oxygen atoms in total. The van der Waals surface area contributed by atoms with Gasteiger partial charge in [-0.1, -0.05) is 77.9 Å². The summed E-state index contributed by atoms with van der Waals surface area (Å²) in [4.78, 5) is 2.23. The highest BCUT2D eigenvalue weighted by atomic mass is 16.2. The van der Waals surface area contributed by atoms with Crippen molar-refractivity contribution in [3.05, 3.63) is 114 Å². The van der Waals surface area contributed by atoms with Crippen molar-refractivity contribution >= 4 is 34.9 Å². The van der Waals surface area contributed by atoms with Crippen LogP contribution in [0.25, 0.3) is 0 Å². The van der Waals surface area contributed by atoms with Gasteiger partial charge in [-0.15, -0.1) is 0 Å². The normalized spacial score (nSPS) is 10.6. The molecule has 0 aliphatic rings. The van der Waals surface area contributed by atoms with E-state index in [2.05, 4.69) is 79.4 Å². The first-order valence-electron chi connectivity index (χ1n) is 9.88. The number of aryl methyl sites for hydroxylation is 2. The summed E-state index contributed by atoms with van der Waals surface area (Å²) < 4.78 is 0. The second-order valence-corrected chi connectivity index (χ2v) is 7.41. The molecule has 0 aliphatic heterocycles. The van der Waals surface area contributed by atoms with Gasteiger partial charge in [-0.05, 0) is 61.2 Å². The molecule has 0 aromatic heterocycles. The molecule has 0 amide bonds. The molecule has 0 unspecified atom stereocenters. The van der Waals surface area contributed by atoms with Crippen LogP contribution in [0.5, 0.6) is 0 Å². The molecule has 142 valence electrons. The van der Waals surface area contributed by atoms with Crippen LogP contribution in [0.2, 0.25) is 0 Å². The zero-order valence-electron chi connectivity index (χ0n) is 16.8. The quantitative estimate of drug-likeness (QED) is 0.502. The van der Waals surface area contributed by atoms with Crippen molar-refractivity contribution in [2.75, 3.05) is 4.90 Å². The topological polar surface area (TPSA) is 23.5 Å². The predicted molar refractivity (Wildman–Crippen MR) is 124 cm³/mol. The summed E-state index contributed by atoms with van der Waals surface area (Å²) in [6, 6.07) is 35.0. The van der Waals surface area contributed by atoms with Crippen LogP contribution >= 0.6 is 0 Å². The van der Waals surface area contributed by atoms with Gasteiger partial charge in [0.1, 0.15) is 0 Å². The Kier molecular flexibility index (Phi) is 5.50. The fourth-order valence-electron chi connectivity index (χ4n) is 3.47. The van der Waals surface area contributed by atoms with E-state index in [1.807, 2.05) is 42.5 Å². The zero-order valence-corrected chi connectivity index (χ0v) is 16.8. The highest BCUT2D eigenvalue weighted by Crippen LogP contribution is 2.34. The molecular weight excluding hydrogens is 353 g/mol. The van der Waals surface area contributed by atoms with Crippen LogP contribution in [-0.2, 0) is 0 Å². The lowest BCUT2D eigenvalue weighted by molar-refractivity contribution is 0.600. The summed E-state index contributed by atoms with van der Waals surface area (Å²) in [5, 5.41) is 10.7. The lowest BCUT2D eigenvalue weighted by Crippen LogP contribution is -2.42. The number of rotatable bonds is 5. The Bertz CT molecular complexity index is 1010. The molecule has 0 spiro atoms. The van der Waals surface area contributed by atoms with Gasteiger partial charge in [0.2, 0.25) is 0 Å². The molecule has 29 heavy (non-hydrogen) atoms. The van der Waals surface area contributed by atoms with Gasteiger partial charge >= 0.3 is 6.92 Å². The second-order valence-electron chi connectivity index (χ2n) is 7.41. The fourth-order valence-corrected chi connectivity index (χ4v) is 3.47. The number of nitrogens with zero attached hydrogens (tertiary/aromatic N) is 1. The summed E-state index contributed by atoms with van der Waals surface area (Å²) in [6.45, 7) is 3.57. The van der Waals surface area contributed by atoms with E-state index in [9.17, 15) is 5.02 Å². The van der Waals surface area contributed by atoms with Crippen LogP contribution in [0.15, 0.2) is 103 Å². The van der Waals surface area contributed by atoms with Crippen LogP contribution in [0.3, 0.4) is 0 Å². The highest BCUT2D eigenvalue weighted by molar-refractivity contribution is 6.78.